The standard InChI is InChI=1S/C6H6BrFN2O2/c7-6(8)3-4(10(11)12)1-2-5(6)9/h1-3,5H,9H2. The van der Waals surface area contributed by atoms with Crippen LogP contribution in [0.4, 0.5) is 4.39 Å². The van der Waals surface area contributed by atoms with Crippen LogP contribution in [0, 0.1) is 10.1 Å². The molecule has 0 spiro atoms. The van der Waals surface area contributed by atoms with E-state index in [4.69, 9.17) is 5.73 Å². The summed E-state index contributed by atoms with van der Waals surface area (Å²) < 4.78 is 11.2. The van der Waals surface area contributed by atoms with Gasteiger partial charge in [-0.25, -0.2) is 4.39 Å². The number of allylic oxidation sites excluding steroid dienone is 1. The molecule has 0 aromatic rings. The maximum Gasteiger partial charge on any atom is 0.269 e. The third-order valence-electron chi connectivity index (χ3n) is 1.47. The zero-order chi connectivity index (χ0) is 9.35. The van der Waals surface area contributed by atoms with E-state index in [0.29, 0.717) is 0 Å². The lowest BCUT2D eigenvalue weighted by Crippen LogP contribution is -2.38. The monoisotopic (exact) mass is 236 g/mol. The van der Waals surface area contributed by atoms with Gasteiger partial charge in [-0.15, -0.1) is 0 Å². The zero-order valence-corrected chi connectivity index (χ0v) is 7.49. The minimum Gasteiger partial charge on any atom is -0.321 e. The van der Waals surface area contributed by atoms with Crippen LogP contribution >= 0.6 is 15.9 Å². The quantitative estimate of drug-likeness (QED) is 0.421. The molecule has 4 nitrogen and oxygen atoms in total. The van der Waals surface area contributed by atoms with E-state index in [1.54, 1.807) is 0 Å². The Bertz CT molecular complexity index is 275. The second kappa shape index (κ2) is 2.95. The van der Waals surface area contributed by atoms with Crippen LogP contribution in [0.15, 0.2) is 23.9 Å². The van der Waals surface area contributed by atoms with Crippen molar-refractivity contribution in [2.45, 2.75) is 10.6 Å². The summed E-state index contributed by atoms with van der Waals surface area (Å²) in [5, 5.41) is 10.2. The molecule has 0 amide bonds. The summed E-state index contributed by atoms with van der Waals surface area (Å²) in [5.74, 6) is 0. The Hall–Kier alpha value is -0.750. The average molecular weight is 237 g/mol. The SMILES string of the molecule is NC1C=CC([N+](=O)[O-])=CC1(F)Br. The summed E-state index contributed by atoms with van der Waals surface area (Å²) >= 11 is 2.64. The fourth-order valence-electron chi connectivity index (χ4n) is 0.786. The Morgan fingerprint density at radius 1 is 1.83 bits per heavy atom. The Morgan fingerprint density at radius 2 is 2.42 bits per heavy atom. The van der Waals surface area contributed by atoms with Crippen LogP contribution in [-0.2, 0) is 0 Å². The molecule has 6 heteroatoms. The van der Waals surface area contributed by atoms with Crippen molar-refractivity contribution in [1.29, 1.82) is 0 Å². The average Bonchev–Trinajstić information content (AvgIpc) is 1.94. The molecule has 2 N–H and O–H groups in total. The van der Waals surface area contributed by atoms with Crippen molar-refractivity contribution >= 4 is 15.9 Å². The molecular weight excluding hydrogens is 231 g/mol. The van der Waals surface area contributed by atoms with Gasteiger partial charge in [0.1, 0.15) is 0 Å². The topological polar surface area (TPSA) is 69.2 Å². The van der Waals surface area contributed by atoms with Gasteiger partial charge in [-0.05, 0) is 15.9 Å². The molecule has 1 aliphatic carbocycles. The lowest BCUT2D eigenvalue weighted by molar-refractivity contribution is -0.419. The predicted octanol–water partition coefficient (Wildman–Crippen LogP) is 1.10. The van der Waals surface area contributed by atoms with Crippen LogP contribution in [-0.4, -0.2) is 15.5 Å². The summed E-state index contributed by atoms with van der Waals surface area (Å²) in [6.07, 6.45) is 3.27. The maximum atomic E-state index is 13.2. The first kappa shape index (κ1) is 9.34. The van der Waals surface area contributed by atoms with Crippen LogP contribution in [0.2, 0.25) is 0 Å². The molecule has 1 aliphatic rings. The van der Waals surface area contributed by atoms with Gasteiger partial charge in [-0.1, -0.05) is 6.08 Å². The van der Waals surface area contributed by atoms with E-state index in [1.165, 1.54) is 12.2 Å². The number of nitro groups is 1. The van der Waals surface area contributed by atoms with Crippen molar-refractivity contribution in [1.82, 2.24) is 0 Å². The summed E-state index contributed by atoms with van der Waals surface area (Å²) in [7, 11) is 0. The third-order valence-corrected chi connectivity index (χ3v) is 2.23. The molecular formula is C6H6BrFN2O2. The normalized spacial score (nSPS) is 34.6. The molecule has 66 valence electrons. The fraction of sp³-hybridized carbons (Fsp3) is 0.333. The smallest absolute Gasteiger partial charge is 0.269 e. The molecule has 0 aromatic carbocycles. The van der Waals surface area contributed by atoms with Gasteiger partial charge in [0.2, 0.25) is 4.58 Å². The lowest BCUT2D eigenvalue weighted by Gasteiger charge is -2.21. The highest BCUT2D eigenvalue weighted by molar-refractivity contribution is 9.10. The summed E-state index contributed by atoms with van der Waals surface area (Å²) in [4.78, 5) is 9.54. The van der Waals surface area contributed by atoms with Crippen molar-refractivity contribution in [3.05, 3.63) is 34.0 Å². The van der Waals surface area contributed by atoms with E-state index in [1.807, 2.05) is 0 Å². The van der Waals surface area contributed by atoms with E-state index in [-0.39, 0.29) is 5.70 Å². The van der Waals surface area contributed by atoms with Gasteiger partial charge in [0, 0.05) is 12.2 Å². The van der Waals surface area contributed by atoms with E-state index in [0.717, 1.165) is 6.08 Å². The number of nitrogens with two attached hydrogens (primary N) is 1. The Kier molecular flexibility index (Phi) is 2.29. The van der Waals surface area contributed by atoms with Crippen LogP contribution in [0.5, 0.6) is 0 Å². The first-order valence-corrected chi connectivity index (χ1v) is 3.91. The highest BCUT2D eigenvalue weighted by Gasteiger charge is 2.35. The molecule has 0 saturated carbocycles. The summed E-state index contributed by atoms with van der Waals surface area (Å²) in [6.45, 7) is 0. The van der Waals surface area contributed by atoms with E-state index in [9.17, 15) is 14.5 Å². The van der Waals surface area contributed by atoms with Crippen molar-refractivity contribution in [2.75, 3.05) is 0 Å². The van der Waals surface area contributed by atoms with Gasteiger partial charge < -0.3 is 5.73 Å². The molecule has 0 saturated heterocycles. The second-order valence-electron chi connectivity index (χ2n) is 2.39. The van der Waals surface area contributed by atoms with Crippen LogP contribution < -0.4 is 5.73 Å². The predicted molar refractivity (Wildman–Crippen MR) is 45.0 cm³/mol. The van der Waals surface area contributed by atoms with Crippen molar-refractivity contribution < 1.29 is 9.31 Å². The molecule has 12 heavy (non-hydrogen) atoms. The lowest BCUT2D eigenvalue weighted by atomic mass is 10.1. The first-order valence-electron chi connectivity index (χ1n) is 3.12. The van der Waals surface area contributed by atoms with Gasteiger partial charge in [0.25, 0.3) is 5.70 Å². The number of nitrogens with zero attached hydrogens (tertiary/aromatic N) is 1. The number of hydrogen-bond donors (Lipinski definition) is 1. The number of halogens is 2. The minimum atomic E-state index is -2.01. The van der Waals surface area contributed by atoms with E-state index >= 15 is 0 Å². The molecule has 2 atom stereocenters. The minimum absolute atomic E-state index is 0.295. The van der Waals surface area contributed by atoms with Gasteiger partial charge in [-0.2, -0.15) is 0 Å². The van der Waals surface area contributed by atoms with Gasteiger partial charge in [0.05, 0.1) is 11.0 Å². The zero-order valence-electron chi connectivity index (χ0n) is 5.91. The molecule has 0 aliphatic heterocycles. The van der Waals surface area contributed by atoms with Crippen LogP contribution in [0.25, 0.3) is 0 Å². The summed E-state index contributed by atoms with van der Waals surface area (Å²) in [5.41, 5.74) is 5.00. The third kappa shape index (κ3) is 1.70. The Labute approximate surface area is 76.2 Å². The van der Waals surface area contributed by atoms with Gasteiger partial charge in [0.15, 0.2) is 0 Å². The molecule has 0 fully saturated rings. The van der Waals surface area contributed by atoms with Crippen molar-refractivity contribution in [3.8, 4) is 0 Å². The molecule has 1 rings (SSSR count). The van der Waals surface area contributed by atoms with E-state index in [2.05, 4.69) is 15.9 Å². The fourth-order valence-corrected chi connectivity index (χ4v) is 1.17. The maximum absolute atomic E-state index is 13.2. The molecule has 0 heterocycles. The highest BCUT2D eigenvalue weighted by atomic mass is 79.9. The van der Waals surface area contributed by atoms with E-state index < -0.39 is 15.5 Å². The first-order chi connectivity index (χ1) is 5.43. The van der Waals surface area contributed by atoms with Gasteiger partial charge in [-0.3, -0.25) is 10.1 Å². The number of alkyl halides is 2. The van der Waals surface area contributed by atoms with Crippen LogP contribution in [0.3, 0.4) is 0 Å². The largest absolute Gasteiger partial charge is 0.321 e. The molecule has 2 unspecified atom stereocenters. The Morgan fingerprint density at radius 3 is 2.83 bits per heavy atom. The number of rotatable bonds is 1. The Balaban J connectivity index is 2.97. The molecule has 0 aromatic heterocycles. The number of hydrogen-bond acceptors (Lipinski definition) is 3. The van der Waals surface area contributed by atoms with Crippen LogP contribution in [0.1, 0.15) is 0 Å². The second-order valence-corrected chi connectivity index (χ2v) is 3.60. The summed E-state index contributed by atoms with van der Waals surface area (Å²) in [6, 6.07) is -0.888. The molecule has 0 bridgehead atoms. The van der Waals surface area contributed by atoms with Crippen molar-refractivity contribution in [3.63, 3.8) is 0 Å². The molecule has 0 radical (unpaired) electrons. The van der Waals surface area contributed by atoms with Crippen molar-refractivity contribution in [2.24, 2.45) is 5.73 Å². The van der Waals surface area contributed by atoms with Gasteiger partial charge >= 0.3 is 0 Å². The highest BCUT2D eigenvalue weighted by Crippen LogP contribution is 2.30.